The summed E-state index contributed by atoms with van der Waals surface area (Å²) in [6.07, 6.45) is 0. The van der Waals surface area contributed by atoms with Crippen LogP contribution in [0.1, 0.15) is 0 Å². The Hall–Kier alpha value is -3.00. The molecule has 0 saturated carbocycles. The highest BCUT2D eigenvalue weighted by Crippen LogP contribution is 2.25. The Labute approximate surface area is 136 Å². The van der Waals surface area contributed by atoms with E-state index in [2.05, 4.69) is 4.72 Å². The first kappa shape index (κ1) is 15.9. The number of halogens is 1. The van der Waals surface area contributed by atoms with E-state index in [4.69, 9.17) is 0 Å². The van der Waals surface area contributed by atoms with Gasteiger partial charge >= 0.3 is 5.69 Å². The third-order valence-electron chi connectivity index (χ3n) is 3.43. The maximum Gasteiger partial charge on any atom is 0.306 e. The fourth-order valence-corrected chi connectivity index (χ4v) is 3.35. The van der Waals surface area contributed by atoms with Crippen molar-refractivity contribution in [1.29, 1.82) is 0 Å². The molecule has 0 saturated heterocycles. The van der Waals surface area contributed by atoms with Crippen LogP contribution >= 0.6 is 0 Å². The number of anilines is 1. The molecular weight excluding hydrogens is 335 g/mol. The smallest absolute Gasteiger partial charge is 0.279 e. The summed E-state index contributed by atoms with van der Waals surface area (Å²) in [5.74, 6) is -1.03. The van der Waals surface area contributed by atoms with Crippen LogP contribution in [0.3, 0.4) is 0 Å². The molecule has 0 aliphatic rings. The van der Waals surface area contributed by atoms with Crippen molar-refractivity contribution in [1.82, 2.24) is 0 Å². The van der Waals surface area contributed by atoms with Gasteiger partial charge in [0.15, 0.2) is 0 Å². The first-order chi connectivity index (χ1) is 11.4. The molecule has 3 aromatic rings. The van der Waals surface area contributed by atoms with Crippen LogP contribution in [0, 0.1) is 15.9 Å². The summed E-state index contributed by atoms with van der Waals surface area (Å²) in [7, 11) is -3.96. The normalized spacial score (nSPS) is 11.4. The summed E-state index contributed by atoms with van der Waals surface area (Å²) in [5.41, 5.74) is -0.884. The van der Waals surface area contributed by atoms with Crippen LogP contribution in [0.4, 0.5) is 15.8 Å². The lowest BCUT2D eigenvalue weighted by Gasteiger charge is -2.09. The Morgan fingerprint density at radius 1 is 0.958 bits per heavy atom. The number of nitrogens with one attached hydrogen (secondary N) is 1. The van der Waals surface area contributed by atoms with Crippen molar-refractivity contribution in [2.75, 3.05) is 4.72 Å². The van der Waals surface area contributed by atoms with Crippen molar-refractivity contribution < 1.29 is 17.7 Å². The summed E-state index contributed by atoms with van der Waals surface area (Å²) in [6, 6.07) is 14.7. The van der Waals surface area contributed by atoms with Gasteiger partial charge in [-0.2, -0.15) is 4.39 Å². The highest BCUT2D eigenvalue weighted by molar-refractivity contribution is 7.92. The second-order valence-electron chi connectivity index (χ2n) is 5.04. The van der Waals surface area contributed by atoms with Gasteiger partial charge in [-0.15, -0.1) is 0 Å². The van der Waals surface area contributed by atoms with E-state index in [0.29, 0.717) is 0 Å². The number of sulfonamides is 1. The summed E-state index contributed by atoms with van der Waals surface area (Å²) in [4.78, 5) is 9.84. The van der Waals surface area contributed by atoms with Crippen molar-refractivity contribution in [2.24, 2.45) is 0 Å². The Balaban J connectivity index is 1.98. The van der Waals surface area contributed by atoms with Crippen LogP contribution in [0.2, 0.25) is 0 Å². The molecular formula is C16H11FN2O4S. The zero-order chi connectivity index (χ0) is 17.3. The number of nitro benzene ring substituents is 1. The molecule has 0 radical (unpaired) electrons. The lowest BCUT2D eigenvalue weighted by Crippen LogP contribution is -2.13. The summed E-state index contributed by atoms with van der Waals surface area (Å²) in [6.45, 7) is 0. The summed E-state index contributed by atoms with van der Waals surface area (Å²) >= 11 is 0. The van der Waals surface area contributed by atoms with E-state index in [0.717, 1.165) is 29.0 Å². The van der Waals surface area contributed by atoms with Gasteiger partial charge in [0.05, 0.1) is 15.5 Å². The van der Waals surface area contributed by atoms with E-state index in [1.54, 1.807) is 18.2 Å². The Morgan fingerprint density at radius 2 is 1.67 bits per heavy atom. The molecule has 24 heavy (non-hydrogen) atoms. The van der Waals surface area contributed by atoms with Crippen LogP contribution in [-0.4, -0.2) is 13.3 Å². The number of hydrogen-bond acceptors (Lipinski definition) is 4. The van der Waals surface area contributed by atoms with Gasteiger partial charge in [0.1, 0.15) is 0 Å². The van der Waals surface area contributed by atoms with Crippen molar-refractivity contribution >= 4 is 32.2 Å². The van der Waals surface area contributed by atoms with E-state index >= 15 is 0 Å². The van der Waals surface area contributed by atoms with Crippen LogP contribution in [0.15, 0.2) is 65.6 Å². The summed E-state index contributed by atoms with van der Waals surface area (Å²) < 4.78 is 40.4. The van der Waals surface area contributed by atoms with Gasteiger partial charge in [-0.1, -0.05) is 30.3 Å². The number of nitro groups is 1. The van der Waals surface area contributed by atoms with E-state index in [1.807, 2.05) is 12.1 Å². The number of nitrogens with zero attached hydrogens (tertiary/aromatic N) is 1. The van der Waals surface area contributed by atoms with Crippen molar-refractivity contribution in [3.63, 3.8) is 0 Å². The highest BCUT2D eigenvalue weighted by atomic mass is 32.2. The molecule has 0 heterocycles. The lowest BCUT2D eigenvalue weighted by atomic mass is 10.1. The summed E-state index contributed by atoms with van der Waals surface area (Å²) in [5, 5.41) is 12.4. The molecule has 0 spiro atoms. The van der Waals surface area contributed by atoms with Gasteiger partial charge in [-0.25, -0.2) is 8.42 Å². The molecule has 0 amide bonds. The average Bonchev–Trinajstić information content (AvgIpc) is 2.55. The van der Waals surface area contributed by atoms with Gasteiger partial charge in [0.25, 0.3) is 10.0 Å². The van der Waals surface area contributed by atoms with Crippen LogP contribution in [0.25, 0.3) is 10.8 Å². The van der Waals surface area contributed by atoms with Crippen LogP contribution < -0.4 is 4.72 Å². The first-order valence-corrected chi connectivity index (χ1v) is 8.31. The zero-order valence-electron chi connectivity index (χ0n) is 12.1. The number of hydrogen-bond donors (Lipinski definition) is 1. The molecule has 6 nitrogen and oxygen atoms in total. The predicted octanol–water partition coefficient (Wildman–Crippen LogP) is 3.69. The monoisotopic (exact) mass is 346 g/mol. The Bertz CT molecular complexity index is 1050. The van der Waals surface area contributed by atoms with Gasteiger partial charge in [-0.3, -0.25) is 14.8 Å². The fraction of sp³-hybridized carbons (Fsp3) is 0. The first-order valence-electron chi connectivity index (χ1n) is 6.82. The van der Waals surface area contributed by atoms with Crippen molar-refractivity contribution in [3.05, 3.63) is 76.6 Å². The standard InChI is InChI=1S/C16H11FN2O4S/c17-15-8-6-13(10-16(15)19(20)21)18-24(22,23)14-7-5-11-3-1-2-4-12(11)9-14/h1-10,18H. The minimum Gasteiger partial charge on any atom is -0.279 e. The topological polar surface area (TPSA) is 89.3 Å². The molecule has 3 rings (SSSR count). The van der Waals surface area contributed by atoms with Gasteiger partial charge in [0.2, 0.25) is 5.82 Å². The van der Waals surface area contributed by atoms with Gasteiger partial charge < -0.3 is 0 Å². The quantitative estimate of drug-likeness (QED) is 0.576. The predicted molar refractivity (Wildman–Crippen MR) is 87.8 cm³/mol. The molecule has 1 N–H and O–H groups in total. The molecule has 122 valence electrons. The molecule has 0 fully saturated rings. The maximum absolute atomic E-state index is 13.3. The van der Waals surface area contributed by atoms with E-state index in [-0.39, 0.29) is 10.6 Å². The molecule has 8 heteroatoms. The fourth-order valence-electron chi connectivity index (χ4n) is 2.26. The van der Waals surface area contributed by atoms with E-state index in [1.165, 1.54) is 12.1 Å². The third kappa shape index (κ3) is 3.04. The zero-order valence-corrected chi connectivity index (χ0v) is 13.0. The number of fused-ring (bicyclic) bond motifs is 1. The van der Waals surface area contributed by atoms with Gasteiger partial charge in [-0.05, 0) is 35.0 Å². The van der Waals surface area contributed by atoms with Gasteiger partial charge in [0, 0.05) is 6.07 Å². The second-order valence-corrected chi connectivity index (χ2v) is 6.72. The number of benzene rings is 3. The molecule has 0 aromatic heterocycles. The van der Waals surface area contributed by atoms with E-state index < -0.39 is 26.5 Å². The second kappa shape index (κ2) is 5.89. The SMILES string of the molecule is O=[N+]([O-])c1cc(NS(=O)(=O)c2ccc3ccccc3c2)ccc1F. The third-order valence-corrected chi connectivity index (χ3v) is 4.81. The molecule has 0 bridgehead atoms. The number of rotatable bonds is 4. The van der Waals surface area contributed by atoms with Crippen molar-refractivity contribution in [3.8, 4) is 0 Å². The van der Waals surface area contributed by atoms with Crippen LogP contribution in [-0.2, 0) is 10.0 Å². The molecule has 0 aliphatic carbocycles. The molecule has 0 atom stereocenters. The largest absolute Gasteiger partial charge is 0.306 e. The Morgan fingerprint density at radius 3 is 2.38 bits per heavy atom. The minimum absolute atomic E-state index is 0.00757. The average molecular weight is 346 g/mol. The molecule has 3 aromatic carbocycles. The maximum atomic E-state index is 13.3. The van der Waals surface area contributed by atoms with E-state index in [9.17, 15) is 22.9 Å². The minimum atomic E-state index is -3.96. The lowest BCUT2D eigenvalue weighted by molar-refractivity contribution is -0.387. The Kier molecular flexibility index (Phi) is 3.90. The molecule has 0 aliphatic heterocycles. The highest BCUT2D eigenvalue weighted by Gasteiger charge is 2.19. The van der Waals surface area contributed by atoms with Crippen LogP contribution in [0.5, 0.6) is 0 Å². The molecule has 0 unspecified atom stereocenters. The van der Waals surface area contributed by atoms with Crippen molar-refractivity contribution in [2.45, 2.75) is 4.90 Å².